The summed E-state index contributed by atoms with van der Waals surface area (Å²) in [4.78, 5) is 13.2. The van der Waals surface area contributed by atoms with Crippen molar-refractivity contribution in [2.75, 3.05) is 62.2 Å². The summed E-state index contributed by atoms with van der Waals surface area (Å²) in [6.45, 7) is 3.00. The Morgan fingerprint density at radius 1 is 0.467 bits per heavy atom. The van der Waals surface area contributed by atoms with Crippen LogP contribution in [0.5, 0.6) is 0 Å². The molecule has 4 aromatic carbocycles. The van der Waals surface area contributed by atoms with Crippen LogP contribution >= 0.6 is 22.7 Å². The van der Waals surface area contributed by atoms with E-state index in [1.54, 1.807) is 0 Å². The van der Waals surface area contributed by atoms with Gasteiger partial charge in [0, 0.05) is 82.0 Å². The first-order chi connectivity index (χ1) is 28.6. The van der Waals surface area contributed by atoms with Crippen molar-refractivity contribution >= 4 is 53.0 Å². The van der Waals surface area contributed by atoms with E-state index in [-0.39, 0.29) is 36.0 Å². The van der Waals surface area contributed by atoms with E-state index in [0.29, 0.717) is 55.8 Å². The molecular weight excluding hydrogens is 871 g/mol. The van der Waals surface area contributed by atoms with Crippen LogP contribution in [0.15, 0.2) is 105 Å². The monoisotopic (exact) mass is 906 g/mol. The number of aromatic nitrogens is 2. The molecular formula is C40H36F6N6O4S4. The first kappa shape index (κ1) is 43.2. The lowest BCUT2D eigenvalue weighted by molar-refractivity contribution is 0.384. The van der Waals surface area contributed by atoms with Crippen LogP contribution in [-0.2, 0) is 32.9 Å². The molecule has 0 spiro atoms. The number of anilines is 2. The Hall–Kier alpha value is -4.86. The number of benzene rings is 4. The Labute approximate surface area is 351 Å². The minimum atomic E-state index is -3.68. The van der Waals surface area contributed by atoms with E-state index < -0.39 is 54.9 Å². The lowest BCUT2D eigenvalue weighted by atomic mass is 10.1. The Bertz CT molecular complexity index is 2630. The van der Waals surface area contributed by atoms with Crippen LogP contribution < -0.4 is 9.80 Å². The summed E-state index contributed by atoms with van der Waals surface area (Å²) in [5, 5.41) is 5.19. The van der Waals surface area contributed by atoms with Gasteiger partial charge in [0.25, 0.3) is 0 Å². The highest BCUT2D eigenvalue weighted by atomic mass is 32.2. The first-order valence-electron chi connectivity index (χ1n) is 18.4. The fourth-order valence-corrected chi connectivity index (χ4v) is 11.2. The van der Waals surface area contributed by atoms with Gasteiger partial charge in [0.1, 0.15) is 23.3 Å². The van der Waals surface area contributed by atoms with Crippen molar-refractivity contribution in [2.24, 2.45) is 0 Å². The average Bonchev–Trinajstić information content (AvgIpc) is 3.90. The third-order valence-electron chi connectivity index (χ3n) is 9.68. The third kappa shape index (κ3) is 10.4. The second kappa shape index (κ2) is 18.4. The molecule has 0 amide bonds. The molecule has 8 rings (SSSR count). The number of thiazole rings is 2. The predicted molar refractivity (Wildman–Crippen MR) is 217 cm³/mol. The van der Waals surface area contributed by atoms with E-state index in [1.165, 1.54) is 73.7 Å². The molecule has 20 heteroatoms. The van der Waals surface area contributed by atoms with E-state index >= 15 is 0 Å². The van der Waals surface area contributed by atoms with Gasteiger partial charge in [-0.05, 0) is 83.9 Å². The van der Waals surface area contributed by atoms with Crippen molar-refractivity contribution in [3.8, 4) is 0 Å². The number of hydrogen-bond acceptors (Lipinski definition) is 10. The normalized spacial score (nSPS) is 15.5. The van der Waals surface area contributed by atoms with E-state index in [0.717, 1.165) is 58.4 Å². The van der Waals surface area contributed by atoms with Crippen LogP contribution in [0.4, 0.5) is 36.6 Å². The zero-order valence-corrected chi connectivity index (χ0v) is 34.8. The topological polar surface area (TPSA) is 107 Å². The zero-order chi connectivity index (χ0) is 42.6. The predicted octanol–water partition coefficient (Wildman–Crippen LogP) is 7.32. The third-order valence-corrected chi connectivity index (χ3v) is 15.4. The molecule has 10 nitrogen and oxygen atoms in total. The van der Waals surface area contributed by atoms with Crippen molar-refractivity contribution in [1.82, 2.24) is 18.6 Å². The maximum Gasteiger partial charge on any atom is 0.243 e. The molecule has 2 fully saturated rings. The number of halogens is 6. The summed E-state index contributed by atoms with van der Waals surface area (Å²) in [6, 6.07) is 16.7. The fraction of sp³-hybridized carbons (Fsp3) is 0.250. The first-order valence-corrected chi connectivity index (χ1v) is 23.1. The van der Waals surface area contributed by atoms with E-state index in [4.69, 9.17) is 0 Å². The SMILES string of the molecule is O=S(=O)(c1ccc(F)cc1)N1CCN(c2nc(Cc3cc(F)cc(F)c3)cs2)CC1.O=S(=O)(c1ccc(F)cc1)N1CCN(c2nc(Cc3ccc(F)c(F)c3)cs2)CC1. The van der Waals surface area contributed by atoms with Gasteiger partial charge in [-0.2, -0.15) is 8.61 Å². The van der Waals surface area contributed by atoms with Crippen molar-refractivity contribution in [3.05, 3.63) is 153 Å². The Morgan fingerprint density at radius 3 is 1.30 bits per heavy atom. The summed E-state index contributed by atoms with van der Waals surface area (Å²) in [5.74, 6) is -3.99. The van der Waals surface area contributed by atoms with Crippen molar-refractivity contribution < 1.29 is 43.2 Å². The molecule has 0 bridgehead atoms. The van der Waals surface area contributed by atoms with Gasteiger partial charge in [-0.25, -0.2) is 53.1 Å². The minimum Gasteiger partial charge on any atom is -0.345 e. The van der Waals surface area contributed by atoms with Gasteiger partial charge in [-0.3, -0.25) is 0 Å². The molecule has 2 aliphatic heterocycles. The molecule has 2 saturated heterocycles. The molecule has 60 heavy (non-hydrogen) atoms. The molecule has 0 radical (unpaired) electrons. The average molecular weight is 907 g/mol. The summed E-state index contributed by atoms with van der Waals surface area (Å²) in [7, 11) is -7.35. The van der Waals surface area contributed by atoms with Crippen molar-refractivity contribution in [1.29, 1.82) is 0 Å². The summed E-state index contributed by atoms with van der Waals surface area (Å²) in [6.07, 6.45) is 0.691. The van der Waals surface area contributed by atoms with Crippen LogP contribution in [0, 0.1) is 34.9 Å². The van der Waals surface area contributed by atoms with E-state index in [1.807, 2.05) is 20.6 Å². The molecule has 2 aliphatic rings. The molecule has 2 aromatic heterocycles. The smallest absolute Gasteiger partial charge is 0.243 e. The van der Waals surface area contributed by atoms with E-state index in [9.17, 15) is 43.2 Å². The van der Waals surface area contributed by atoms with Crippen molar-refractivity contribution in [2.45, 2.75) is 22.6 Å². The summed E-state index contributed by atoms with van der Waals surface area (Å²) in [5.41, 5.74) is 2.56. The van der Waals surface area contributed by atoms with Gasteiger partial charge in [-0.1, -0.05) is 6.07 Å². The number of sulfonamides is 2. The molecule has 0 N–H and O–H groups in total. The van der Waals surface area contributed by atoms with Crippen LogP contribution in [0.3, 0.4) is 0 Å². The number of piperazine rings is 2. The molecule has 0 aliphatic carbocycles. The zero-order valence-electron chi connectivity index (χ0n) is 31.5. The minimum absolute atomic E-state index is 0.0659. The second-order valence-corrected chi connectivity index (χ2v) is 19.4. The molecule has 6 aromatic rings. The Morgan fingerprint density at radius 2 is 0.883 bits per heavy atom. The fourth-order valence-electron chi connectivity index (χ4n) is 6.58. The standard InChI is InChI=1S/2C20H18F3N3O2S2/c21-15-2-4-17(5-3-15)30(27,28)26-9-7-25(8-10-26)20-24-16(13-29-20)11-14-1-6-18(22)19(23)12-14;21-15-1-3-19(4-2-15)30(27,28)26-7-5-25(6-8-26)20-24-18(13-29-20)11-14-9-16(22)12-17(23)10-14/h1-6,12-13H,7-11H2;1-4,9-10,12-13H,5-8,11H2. The van der Waals surface area contributed by atoms with E-state index in [2.05, 4.69) is 9.97 Å². The highest BCUT2D eigenvalue weighted by molar-refractivity contribution is 7.89. The molecule has 0 unspecified atom stereocenters. The lowest BCUT2D eigenvalue weighted by Gasteiger charge is -2.33. The summed E-state index contributed by atoms with van der Waals surface area (Å²) < 4.78 is 133. The second-order valence-electron chi connectivity index (χ2n) is 13.8. The van der Waals surface area contributed by atoms with Gasteiger partial charge in [-0.15, -0.1) is 22.7 Å². The number of rotatable bonds is 10. The maximum absolute atomic E-state index is 13.4. The van der Waals surface area contributed by atoms with Gasteiger partial charge >= 0.3 is 0 Å². The largest absolute Gasteiger partial charge is 0.345 e. The van der Waals surface area contributed by atoms with Crippen LogP contribution in [0.25, 0.3) is 0 Å². The molecule has 4 heterocycles. The number of nitrogens with zero attached hydrogens (tertiary/aromatic N) is 6. The molecule has 0 atom stereocenters. The Kier molecular flexibility index (Phi) is 13.3. The van der Waals surface area contributed by atoms with Crippen LogP contribution in [0.1, 0.15) is 22.5 Å². The lowest BCUT2D eigenvalue weighted by Crippen LogP contribution is -2.48. The maximum atomic E-state index is 13.4. The van der Waals surface area contributed by atoms with Crippen LogP contribution in [0.2, 0.25) is 0 Å². The van der Waals surface area contributed by atoms with Crippen LogP contribution in [-0.4, -0.2) is 87.8 Å². The highest BCUT2D eigenvalue weighted by Gasteiger charge is 2.31. The molecule has 316 valence electrons. The van der Waals surface area contributed by atoms with Gasteiger partial charge in [0.2, 0.25) is 20.0 Å². The Balaban J connectivity index is 0.000000181. The molecule has 0 saturated carbocycles. The number of hydrogen-bond donors (Lipinski definition) is 0. The van der Waals surface area contributed by atoms with Crippen molar-refractivity contribution in [3.63, 3.8) is 0 Å². The summed E-state index contributed by atoms with van der Waals surface area (Å²) >= 11 is 2.83. The highest BCUT2D eigenvalue weighted by Crippen LogP contribution is 2.28. The van der Waals surface area contributed by atoms with Gasteiger partial charge in [0.15, 0.2) is 21.9 Å². The van der Waals surface area contributed by atoms with Gasteiger partial charge in [0.05, 0.1) is 21.2 Å². The quantitative estimate of drug-likeness (QED) is 0.132. The van der Waals surface area contributed by atoms with Gasteiger partial charge < -0.3 is 9.80 Å².